The number of nitrogens with two attached hydrogens (primary N) is 1. The van der Waals surface area contributed by atoms with Gasteiger partial charge in [0.25, 0.3) is 0 Å². The van der Waals surface area contributed by atoms with E-state index in [0.717, 1.165) is 0 Å². The summed E-state index contributed by atoms with van der Waals surface area (Å²) in [4.78, 5) is 60.3. The van der Waals surface area contributed by atoms with Crippen LogP contribution in [-0.2, 0) is 30.4 Å². The minimum atomic E-state index is -1.24. The third-order valence-corrected chi connectivity index (χ3v) is 4.84. The fourth-order valence-corrected chi connectivity index (χ4v) is 2.94. The van der Waals surface area contributed by atoms with Crippen LogP contribution in [0.25, 0.3) is 0 Å². The molecule has 1 rings (SSSR count). The zero-order valence-electron chi connectivity index (χ0n) is 18.9. The summed E-state index contributed by atoms with van der Waals surface area (Å²) in [5.41, 5.74) is 6.23. The van der Waals surface area contributed by atoms with Crippen molar-refractivity contribution in [2.45, 2.75) is 64.2 Å². The summed E-state index contributed by atoms with van der Waals surface area (Å²) in [5, 5.41) is 25.7. The van der Waals surface area contributed by atoms with Crippen LogP contribution < -0.4 is 21.7 Å². The lowest BCUT2D eigenvalue weighted by Gasteiger charge is -2.26. The molecule has 11 heteroatoms. The van der Waals surface area contributed by atoms with Crippen LogP contribution in [0.4, 0.5) is 0 Å². The molecule has 0 aromatic heterocycles. The number of carbonyl (C=O) groups excluding carboxylic acids is 3. The van der Waals surface area contributed by atoms with Gasteiger partial charge in [0.2, 0.25) is 17.7 Å². The summed E-state index contributed by atoms with van der Waals surface area (Å²) in [7, 11) is 0. The van der Waals surface area contributed by atoms with Crippen LogP contribution in [-0.4, -0.2) is 64.0 Å². The fraction of sp³-hybridized carbons (Fsp3) is 0.500. The highest BCUT2D eigenvalue weighted by molar-refractivity contribution is 5.94. The van der Waals surface area contributed by atoms with E-state index >= 15 is 0 Å². The molecule has 0 saturated carbocycles. The van der Waals surface area contributed by atoms with Crippen molar-refractivity contribution in [3.8, 4) is 0 Å². The topological polar surface area (TPSA) is 188 Å². The van der Waals surface area contributed by atoms with Crippen molar-refractivity contribution >= 4 is 29.7 Å². The summed E-state index contributed by atoms with van der Waals surface area (Å²) in [6, 6.07) is 4.24. The van der Waals surface area contributed by atoms with Crippen LogP contribution in [0.1, 0.15) is 39.2 Å². The van der Waals surface area contributed by atoms with Crippen molar-refractivity contribution in [3.05, 3.63) is 35.9 Å². The molecule has 7 N–H and O–H groups in total. The summed E-state index contributed by atoms with van der Waals surface area (Å²) in [5.74, 6) is -4.94. The second kappa shape index (κ2) is 13.2. The van der Waals surface area contributed by atoms with Crippen LogP contribution in [0.3, 0.4) is 0 Å². The molecular formula is C22H32N4O7. The first kappa shape index (κ1) is 27.6. The normalized spacial score (nSPS) is 14.5. The second-order valence-electron chi connectivity index (χ2n) is 8.10. The third-order valence-electron chi connectivity index (χ3n) is 4.84. The first-order valence-corrected chi connectivity index (χ1v) is 10.6. The Bertz CT molecular complexity index is 842. The van der Waals surface area contributed by atoms with E-state index in [-0.39, 0.29) is 12.8 Å². The maximum absolute atomic E-state index is 12.9. The average molecular weight is 465 g/mol. The van der Waals surface area contributed by atoms with Gasteiger partial charge >= 0.3 is 11.9 Å². The monoisotopic (exact) mass is 464 g/mol. The molecule has 1 aromatic rings. The van der Waals surface area contributed by atoms with Gasteiger partial charge in [-0.15, -0.1) is 0 Å². The highest BCUT2D eigenvalue weighted by atomic mass is 16.4. The number of amides is 3. The largest absolute Gasteiger partial charge is 0.481 e. The van der Waals surface area contributed by atoms with E-state index in [2.05, 4.69) is 16.0 Å². The van der Waals surface area contributed by atoms with Crippen molar-refractivity contribution in [2.75, 3.05) is 0 Å². The Labute approximate surface area is 192 Å². The number of rotatable bonds is 13. The van der Waals surface area contributed by atoms with Crippen molar-refractivity contribution in [1.82, 2.24) is 16.0 Å². The van der Waals surface area contributed by atoms with Gasteiger partial charge < -0.3 is 31.9 Å². The highest BCUT2D eigenvalue weighted by Crippen LogP contribution is 2.08. The molecule has 3 amide bonds. The molecule has 0 fully saturated rings. The Morgan fingerprint density at radius 3 is 1.88 bits per heavy atom. The molecule has 0 aliphatic rings. The van der Waals surface area contributed by atoms with Gasteiger partial charge in [-0.25, -0.2) is 4.79 Å². The molecule has 0 spiro atoms. The number of nitrogens with one attached hydrogen (secondary N) is 3. The van der Waals surface area contributed by atoms with Crippen LogP contribution in [0.2, 0.25) is 0 Å². The van der Waals surface area contributed by atoms with Gasteiger partial charge in [-0.3, -0.25) is 19.2 Å². The molecule has 0 radical (unpaired) electrons. The van der Waals surface area contributed by atoms with Gasteiger partial charge in [0.05, 0.1) is 6.04 Å². The Balaban J connectivity index is 3.11. The van der Waals surface area contributed by atoms with E-state index in [0.29, 0.717) is 5.56 Å². The molecular weight excluding hydrogens is 432 g/mol. The lowest BCUT2D eigenvalue weighted by Crippen LogP contribution is -2.58. The summed E-state index contributed by atoms with van der Waals surface area (Å²) >= 11 is 0. The number of aliphatic carboxylic acids is 2. The zero-order chi connectivity index (χ0) is 25.1. The predicted molar refractivity (Wildman–Crippen MR) is 119 cm³/mol. The van der Waals surface area contributed by atoms with E-state index in [9.17, 15) is 29.1 Å². The molecule has 182 valence electrons. The molecule has 4 atom stereocenters. The number of carboxylic acid groups (broad SMARTS) is 2. The molecule has 0 saturated heterocycles. The minimum absolute atomic E-state index is 0.0513. The Morgan fingerprint density at radius 2 is 1.39 bits per heavy atom. The SMILES string of the molecule is CC(C)[C@H](NC(=O)[C@H](Cc1ccccc1)NC(=O)[C@H](CCC(=O)O)NC(=O)[C@H](C)N)C(=O)O. The maximum Gasteiger partial charge on any atom is 0.326 e. The molecule has 0 heterocycles. The highest BCUT2D eigenvalue weighted by Gasteiger charge is 2.31. The Kier molecular flexibility index (Phi) is 11.0. The van der Waals surface area contributed by atoms with Crippen molar-refractivity contribution < 1.29 is 34.2 Å². The van der Waals surface area contributed by atoms with Crippen LogP contribution in [0.15, 0.2) is 30.3 Å². The molecule has 0 unspecified atom stereocenters. The number of carboxylic acids is 2. The van der Waals surface area contributed by atoms with Crippen LogP contribution in [0, 0.1) is 5.92 Å². The number of benzene rings is 1. The Morgan fingerprint density at radius 1 is 0.848 bits per heavy atom. The number of hydrogen-bond acceptors (Lipinski definition) is 6. The fourth-order valence-electron chi connectivity index (χ4n) is 2.94. The second-order valence-corrected chi connectivity index (χ2v) is 8.10. The molecule has 33 heavy (non-hydrogen) atoms. The van der Waals surface area contributed by atoms with Gasteiger partial charge in [0, 0.05) is 12.8 Å². The average Bonchev–Trinajstić information content (AvgIpc) is 2.73. The van der Waals surface area contributed by atoms with E-state index in [1.54, 1.807) is 44.2 Å². The molecule has 0 aliphatic carbocycles. The van der Waals surface area contributed by atoms with Gasteiger partial charge in [-0.1, -0.05) is 44.2 Å². The lowest BCUT2D eigenvalue weighted by molar-refractivity contribution is -0.143. The van der Waals surface area contributed by atoms with Crippen molar-refractivity contribution in [3.63, 3.8) is 0 Å². The smallest absolute Gasteiger partial charge is 0.326 e. The van der Waals surface area contributed by atoms with E-state index < -0.39 is 66.2 Å². The first-order valence-electron chi connectivity index (χ1n) is 10.6. The molecule has 1 aromatic carbocycles. The molecule has 0 aliphatic heterocycles. The van der Waals surface area contributed by atoms with Crippen molar-refractivity contribution in [2.24, 2.45) is 11.7 Å². The molecule has 0 bridgehead atoms. The van der Waals surface area contributed by atoms with E-state index in [4.69, 9.17) is 10.8 Å². The standard InChI is InChI=1S/C22H32N4O7/c1-12(2)18(22(32)33)26-21(31)16(11-14-7-5-4-6-8-14)25-20(30)15(9-10-17(27)28)24-19(29)13(3)23/h4-8,12-13,15-16,18H,9-11,23H2,1-3H3,(H,24,29)(H,25,30)(H,26,31)(H,27,28)(H,32,33)/t13-,15-,16-,18-/m0/s1. The van der Waals surface area contributed by atoms with E-state index in [1.165, 1.54) is 6.92 Å². The minimum Gasteiger partial charge on any atom is -0.481 e. The number of hydrogen-bond donors (Lipinski definition) is 6. The summed E-state index contributed by atoms with van der Waals surface area (Å²) in [6.07, 6.45) is -0.569. The summed E-state index contributed by atoms with van der Waals surface area (Å²) in [6.45, 7) is 4.68. The van der Waals surface area contributed by atoms with Gasteiger partial charge in [-0.05, 0) is 24.8 Å². The van der Waals surface area contributed by atoms with Crippen LogP contribution >= 0.6 is 0 Å². The third kappa shape index (κ3) is 9.69. The Hall–Kier alpha value is -3.47. The van der Waals surface area contributed by atoms with Gasteiger partial charge in [0.15, 0.2) is 0 Å². The summed E-state index contributed by atoms with van der Waals surface area (Å²) < 4.78 is 0. The molecule has 11 nitrogen and oxygen atoms in total. The predicted octanol–water partition coefficient (Wildman–Crippen LogP) is -0.364. The van der Waals surface area contributed by atoms with Crippen molar-refractivity contribution in [1.29, 1.82) is 0 Å². The van der Waals surface area contributed by atoms with E-state index in [1.807, 2.05) is 0 Å². The van der Waals surface area contributed by atoms with Gasteiger partial charge in [-0.2, -0.15) is 0 Å². The maximum atomic E-state index is 12.9. The van der Waals surface area contributed by atoms with Crippen LogP contribution in [0.5, 0.6) is 0 Å². The quantitative estimate of drug-likeness (QED) is 0.228. The van der Waals surface area contributed by atoms with Gasteiger partial charge in [0.1, 0.15) is 18.1 Å². The zero-order valence-corrected chi connectivity index (χ0v) is 18.9. The lowest BCUT2D eigenvalue weighted by atomic mass is 10.0. The number of carbonyl (C=O) groups is 5. The first-order chi connectivity index (χ1) is 15.4.